The molecule has 2 aromatic heterocycles. The van der Waals surface area contributed by atoms with E-state index in [-0.39, 0.29) is 5.91 Å². The average molecular weight is 325 g/mol. The fourth-order valence-electron chi connectivity index (χ4n) is 3.02. The molecule has 0 fully saturated rings. The second-order valence-electron chi connectivity index (χ2n) is 5.86. The van der Waals surface area contributed by atoms with Crippen LogP contribution in [0.25, 0.3) is 21.8 Å². The molecule has 3 aromatic rings. The summed E-state index contributed by atoms with van der Waals surface area (Å²) in [6.07, 6.45) is 2.19. The number of nitrogen functional groups attached to an aromatic ring is 1. The van der Waals surface area contributed by atoms with Gasteiger partial charge in [-0.1, -0.05) is 32.0 Å². The molecule has 1 aromatic carbocycles. The molecule has 0 saturated heterocycles. The van der Waals surface area contributed by atoms with Gasteiger partial charge in [0.1, 0.15) is 5.52 Å². The van der Waals surface area contributed by atoms with Crippen molar-refractivity contribution >= 4 is 33.5 Å². The van der Waals surface area contributed by atoms with Crippen LogP contribution in [0.1, 0.15) is 32.4 Å². The molecule has 126 valence electrons. The highest BCUT2D eigenvalue weighted by Crippen LogP contribution is 2.30. The molecule has 0 spiro atoms. The Bertz CT molecular complexity index is 884. The smallest absolute Gasteiger partial charge is 0.219 e. The van der Waals surface area contributed by atoms with Crippen LogP contribution in [0.4, 0.5) is 5.82 Å². The lowest BCUT2D eigenvalue weighted by Gasteiger charge is -2.08. The molecule has 2 heterocycles. The summed E-state index contributed by atoms with van der Waals surface area (Å²) in [5.41, 5.74) is 8.87. The van der Waals surface area contributed by atoms with E-state index in [0.717, 1.165) is 46.9 Å². The Hall–Kier alpha value is -2.63. The topological polar surface area (TPSA) is 85.8 Å². The molecule has 1 amide bonds. The summed E-state index contributed by atoms with van der Waals surface area (Å²) in [6, 6.07) is 7.97. The summed E-state index contributed by atoms with van der Waals surface area (Å²) in [4.78, 5) is 16.0. The summed E-state index contributed by atoms with van der Waals surface area (Å²) in [5, 5.41) is 9.74. The highest BCUT2D eigenvalue weighted by Gasteiger charge is 2.17. The minimum absolute atomic E-state index is 0.0619. The van der Waals surface area contributed by atoms with E-state index in [9.17, 15) is 4.79 Å². The molecule has 0 bridgehead atoms. The SMILES string of the molecule is CCCn1nc2c(N)nc3ccccc3c2c1CCNC(=O)CC. The van der Waals surface area contributed by atoms with E-state index < -0.39 is 0 Å². The van der Waals surface area contributed by atoms with Crippen LogP contribution in [0.15, 0.2) is 24.3 Å². The van der Waals surface area contributed by atoms with Gasteiger partial charge in [-0.25, -0.2) is 4.98 Å². The van der Waals surface area contributed by atoms with E-state index in [1.54, 1.807) is 0 Å². The van der Waals surface area contributed by atoms with E-state index in [1.807, 2.05) is 29.8 Å². The van der Waals surface area contributed by atoms with Gasteiger partial charge < -0.3 is 11.1 Å². The van der Waals surface area contributed by atoms with Crippen LogP contribution < -0.4 is 11.1 Å². The predicted molar refractivity (Wildman–Crippen MR) is 96.7 cm³/mol. The number of carbonyl (C=O) groups excluding carboxylic acids is 1. The molecular weight excluding hydrogens is 302 g/mol. The second kappa shape index (κ2) is 6.86. The number of rotatable bonds is 6. The molecule has 3 N–H and O–H groups in total. The van der Waals surface area contributed by atoms with Gasteiger partial charge in [-0.05, 0) is 12.5 Å². The van der Waals surface area contributed by atoms with Crippen molar-refractivity contribution in [3.8, 4) is 0 Å². The lowest BCUT2D eigenvalue weighted by atomic mass is 10.1. The van der Waals surface area contributed by atoms with Crippen molar-refractivity contribution in [3.05, 3.63) is 30.0 Å². The number of fused-ring (bicyclic) bond motifs is 3. The number of nitrogens with one attached hydrogen (secondary N) is 1. The van der Waals surface area contributed by atoms with Gasteiger partial charge in [0, 0.05) is 42.4 Å². The lowest BCUT2D eigenvalue weighted by Crippen LogP contribution is -2.25. The molecule has 3 rings (SSSR count). The van der Waals surface area contributed by atoms with E-state index in [4.69, 9.17) is 5.73 Å². The Morgan fingerprint density at radius 2 is 2.08 bits per heavy atom. The van der Waals surface area contributed by atoms with Gasteiger partial charge in [0.2, 0.25) is 5.91 Å². The van der Waals surface area contributed by atoms with Crippen molar-refractivity contribution in [1.29, 1.82) is 0 Å². The first-order valence-corrected chi connectivity index (χ1v) is 8.46. The highest BCUT2D eigenvalue weighted by atomic mass is 16.1. The maximum atomic E-state index is 11.5. The average Bonchev–Trinajstić information content (AvgIpc) is 2.95. The van der Waals surface area contributed by atoms with Crippen molar-refractivity contribution in [1.82, 2.24) is 20.1 Å². The maximum absolute atomic E-state index is 11.5. The van der Waals surface area contributed by atoms with Crippen LogP contribution in [0, 0.1) is 0 Å². The highest BCUT2D eigenvalue weighted by molar-refractivity contribution is 6.09. The number of pyridine rings is 1. The second-order valence-corrected chi connectivity index (χ2v) is 5.86. The summed E-state index contributed by atoms with van der Waals surface area (Å²) in [5.74, 6) is 0.518. The zero-order valence-electron chi connectivity index (χ0n) is 14.2. The normalized spacial score (nSPS) is 11.2. The molecule has 0 radical (unpaired) electrons. The Morgan fingerprint density at radius 3 is 2.83 bits per heavy atom. The van der Waals surface area contributed by atoms with E-state index in [2.05, 4.69) is 28.4 Å². The summed E-state index contributed by atoms with van der Waals surface area (Å²) in [7, 11) is 0. The number of amides is 1. The number of hydrogen-bond donors (Lipinski definition) is 2. The third-order valence-electron chi connectivity index (χ3n) is 4.16. The quantitative estimate of drug-likeness (QED) is 0.729. The van der Waals surface area contributed by atoms with Crippen LogP contribution in [-0.2, 0) is 17.8 Å². The minimum atomic E-state index is 0.0619. The zero-order valence-corrected chi connectivity index (χ0v) is 14.2. The fraction of sp³-hybridized carbons (Fsp3) is 0.389. The molecule has 0 aliphatic heterocycles. The zero-order chi connectivity index (χ0) is 17.1. The van der Waals surface area contributed by atoms with Crippen molar-refractivity contribution in [2.24, 2.45) is 0 Å². The molecule has 0 aliphatic carbocycles. The number of hydrogen-bond acceptors (Lipinski definition) is 4. The number of benzene rings is 1. The number of aromatic nitrogens is 3. The predicted octanol–water partition coefficient (Wildman–Crippen LogP) is 2.65. The molecule has 24 heavy (non-hydrogen) atoms. The van der Waals surface area contributed by atoms with Gasteiger partial charge in [0.05, 0.1) is 5.52 Å². The van der Waals surface area contributed by atoms with Crippen LogP contribution in [0.3, 0.4) is 0 Å². The lowest BCUT2D eigenvalue weighted by molar-refractivity contribution is -0.120. The van der Waals surface area contributed by atoms with Gasteiger partial charge in [-0.2, -0.15) is 5.10 Å². The molecular formula is C18H23N5O. The first kappa shape index (κ1) is 16.2. The van der Waals surface area contributed by atoms with Crippen molar-refractivity contribution in [2.75, 3.05) is 12.3 Å². The molecule has 0 saturated carbocycles. The molecule has 6 heteroatoms. The number of nitrogens with two attached hydrogens (primary N) is 1. The number of carbonyl (C=O) groups is 1. The fourth-order valence-corrected chi connectivity index (χ4v) is 3.02. The van der Waals surface area contributed by atoms with Gasteiger partial charge in [0.25, 0.3) is 0 Å². The number of aryl methyl sites for hydroxylation is 1. The molecule has 6 nitrogen and oxygen atoms in total. The summed E-state index contributed by atoms with van der Waals surface area (Å²) >= 11 is 0. The molecule has 0 atom stereocenters. The molecule has 0 aliphatic rings. The van der Waals surface area contributed by atoms with Crippen molar-refractivity contribution in [3.63, 3.8) is 0 Å². The number of nitrogens with zero attached hydrogens (tertiary/aromatic N) is 3. The molecule has 0 unspecified atom stereocenters. The van der Waals surface area contributed by atoms with Crippen molar-refractivity contribution in [2.45, 2.75) is 39.7 Å². The van der Waals surface area contributed by atoms with Gasteiger partial charge in [-0.3, -0.25) is 9.48 Å². The maximum Gasteiger partial charge on any atom is 0.219 e. The van der Waals surface area contributed by atoms with Crippen LogP contribution >= 0.6 is 0 Å². The van der Waals surface area contributed by atoms with E-state index in [1.165, 1.54) is 0 Å². The first-order valence-electron chi connectivity index (χ1n) is 8.46. The van der Waals surface area contributed by atoms with Crippen LogP contribution in [0.5, 0.6) is 0 Å². The van der Waals surface area contributed by atoms with Crippen molar-refractivity contribution < 1.29 is 4.79 Å². The summed E-state index contributed by atoms with van der Waals surface area (Å²) in [6.45, 7) is 5.38. The monoisotopic (exact) mass is 325 g/mol. The number of anilines is 1. The summed E-state index contributed by atoms with van der Waals surface area (Å²) < 4.78 is 2.01. The largest absolute Gasteiger partial charge is 0.382 e. The Morgan fingerprint density at radius 1 is 1.29 bits per heavy atom. The van der Waals surface area contributed by atoms with Gasteiger partial charge in [-0.15, -0.1) is 0 Å². The van der Waals surface area contributed by atoms with E-state index in [0.29, 0.717) is 18.8 Å². The number of para-hydroxylation sites is 1. The van der Waals surface area contributed by atoms with Crippen LogP contribution in [-0.4, -0.2) is 27.2 Å². The van der Waals surface area contributed by atoms with Gasteiger partial charge >= 0.3 is 0 Å². The Balaban J connectivity index is 2.12. The Kier molecular flexibility index (Phi) is 4.64. The third-order valence-corrected chi connectivity index (χ3v) is 4.16. The Labute approximate surface area is 141 Å². The van der Waals surface area contributed by atoms with E-state index >= 15 is 0 Å². The minimum Gasteiger partial charge on any atom is -0.382 e. The van der Waals surface area contributed by atoms with Gasteiger partial charge in [0.15, 0.2) is 5.82 Å². The van der Waals surface area contributed by atoms with Crippen LogP contribution in [0.2, 0.25) is 0 Å². The standard InChI is InChI=1S/C18H23N5O/c1-3-11-23-14(9-10-20-15(24)4-2)16-12-7-5-6-8-13(12)21-18(19)17(16)22-23/h5-8H,3-4,9-11H2,1-2H3,(H2,19,21)(H,20,24). The third kappa shape index (κ3) is 2.91. The first-order chi connectivity index (χ1) is 11.7.